The summed E-state index contributed by atoms with van der Waals surface area (Å²) in [4.78, 5) is 17.0. The average molecular weight is 442 g/mol. The number of aryl methyl sites for hydroxylation is 1. The standard InChI is InChI=1S/C22H24FN5O2S/c1-3-4-5-6-7-8-18-27-16-11-15(9-10-17(16)30-18)26-22-28-19(20(23)31-22)14-12-24-21(29-2)25-13-14/h9-13H,3-8H2,1-2H3,(H,26,28). The molecule has 4 aromatic rings. The summed E-state index contributed by atoms with van der Waals surface area (Å²) in [6.45, 7) is 2.21. The Labute approximate surface area is 183 Å². The van der Waals surface area contributed by atoms with E-state index in [1.165, 1.54) is 45.2 Å². The van der Waals surface area contributed by atoms with Crippen molar-refractivity contribution in [2.75, 3.05) is 12.4 Å². The Hall–Kier alpha value is -3.07. The Bertz CT molecular complexity index is 1140. The Morgan fingerprint density at radius 3 is 2.68 bits per heavy atom. The maximum Gasteiger partial charge on any atom is 0.316 e. The number of aromatic nitrogens is 4. The zero-order chi connectivity index (χ0) is 21.6. The summed E-state index contributed by atoms with van der Waals surface area (Å²) in [5.74, 6) is 0.755. The number of ether oxygens (including phenoxy) is 1. The van der Waals surface area contributed by atoms with Crippen molar-refractivity contribution < 1.29 is 13.5 Å². The summed E-state index contributed by atoms with van der Waals surface area (Å²) >= 11 is 0.923. The van der Waals surface area contributed by atoms with Crippen LogP contribution in [0.3, 0.4) is 0 Å². The first kappa shape index (κ1) is 21.2. The van der Waals surface area contributed by atoms with Gasteiger partial charge in [-0.1, -0.05) is 43.9 Å². The largest absolute Gasteiger partial charge is 0.467 e. The van der Waals surface area contributed by atoms with E-state index in [1.807, 2.05) is 18.2 Å². The van der Waals surface area contributed by atoms with E-state index in [0.717, 1.165) is 46.9 Å². The van der Waals surface area contributed by atoms with Gasteiger partial charge in [0, 0.05) is 30.1 Å². The van der Waals surface area contributed by atoms with Gasteiger partial charge in [0.2, 0.25) is 5.13 Å². The fourth-order valence-corrected chi connectivity index (χ4v) is 3.98. The first-order valence-electron chi connectivity index (χ1n) is 10.4. The van der Waals surface area contributed by atoms with Crippen molar-refractivity contribution in [2.24, 2.45) is 0 Å². The molecular weight excluding hydrogens is 417 g/mol. The predicted molar refractivity (Wildman–Crippen MR) is 119 cm³/mol. The molecule has 0 fully saturated rings. The normalized spacial score (nSPS) is 11.2. The number of oxazole rings is 1. The fraction of sp³-hybridized carbons (Fsp3) is 0.364. The molecule has 1 aromatic carbocycles. The van der Waals surface area contributed by atoms with E-state index in [4.69, 9.17) is 9.15 Å². The molecule has 9 heteroatoms. The van der Waals surface area contributed by atoms with Gasteiger partial charge in [-0.3, -0.25) is 0 Å². The fourth-order valence-electron chi connectivity index (χ4n) is 3.24. The average Bonchev–Trinajstić information content (AvgIpc) is 3.36. The number of unbranched alkanes of at least 4 members (excludes halogenated alkanes) is 4. The van der Waals surface area contributed by atoms with Crippen molar-refractivity contribution in [3.8, 4) is 17.3 Å². The summed E-state index contributed by atoms with van der Waals surface area (Å²) in [6, 6.07) is 5.84. The minimum Gasteiger partial charge on any atom is -0.467 e. The molecule has 0 atom stereocenters. The zero-order valence-electron chi connectivity index (χ0n) is 17.5. The van der Waals surface area contributed by atoms with Gasteiger partial charge in [0.05, 0.1) is 7.11 Å². The van der Waals surface area contributed by atoms with E-state index in [-0.39, 0.29) is 11.7 Å². The molecule has 3 aromatic heterocycles. The highest BCUT2D eigenvalue weighted by atomic mass is 32.1. The van der Waals surface area contributed by atoms with Crippen LogP contribution >= 0.6 is 11.3 Å². The molecule has 0 saturated heterocycles. The van der Waals surface area contributed by atoms with Gasteiger partial charge in [0.1, 0.15) is 11.2 Å². The molecule has 0 aliphatic rings. The van der Waals surface area contributed by atoms with Gasteiger partial charge in [-0.25, -0.2) is 19.9 Å². The Kier molecular flexibility index (Phi) is 6.71. The predicted octanol–water partition coefficient (Wildman–Crippen LogP) is 6.15. The van der Waals surface area contributed by atoms with Crippen LogP contribution in [0.4, 0.5) is 15.2 Å². The number of hydrogen-bond donors (Lipinski definition) is 1. The highest BCUT2D eigenvalue weighted by molar-refractivity contribution is 7.14. The van der Waals surface area contributed by atoms with Gasteiger partial charge < -0.3 is 14.5 Å². The van der Waals surface area contributed by atoms with Crippen molar-refractivity contribution in [1.82, 2.24) is 19.9 Å². The number of fused-ring (bicyclic) bond motifs is 1. The second kappa shape index (κ2) is 9.82. The Balaban J connectivity index is 1.44. The van der Waals surface area contributed by atoms with E-state index in [9.17, 15) is 4.39 Å². The zero-order valence-corrected chi connectivity index (χ0v) is 18.3. The quantitative estimate of drug-likeness (QED) is 0.296. The van der Waals surface area contributed by atoms with Crippen LogP contribution in [0.25, 0.3) is 22.4 Å². The molecule has 3 heterocycles. The molecule has 162 valence electrons. The summed E-state index contributed by atoms with van der Waals surface area (Å²) in [6.07, 6.45) is 9.83. The number of nitrogens with one attached hydrogen (secondary N) is 1. The number of benzene rings is 1. The molecule has 0 spiro atoms. The van der Waals surface area contributed by atoms with Crippen LogP contribution in [-0.2, 0) is 6.42 Å². The van der Waals surface area contributed by atoms with Crippen molar-refractivity contribution in [3.63, 3.8) is 0 Å². The minimum atomic E-state index is -0.413. The second-order valence-corrected chi connectivity index (χ2v) is 8.13. The molecule has 0 radical (unpaired) electrons. The van der Waals surface area contributed by atoms with Crippen LogP contribution in [0.1, 0.15) is 44.9 Å². The number of hydrogen-bond acceptors (Lipinski definition) is 8. The molecule has 31 heavy (non-hydrogen) atoms. The van der Waals surface area contributed by atoms with Crippen molar-refractivity contribution in [2.45, 2.75) is 45.4 Å². The van der Waals surface area contributed by atoms with Crippen LogP contribution in [0, 0.1) is 5.13 Å². The van der Waals surface area contributed by atoms with E-state index < -0.39 is 5.13 Å². The smallest absolute Gasteiger partial charge is 0.316 e. The first-order valence-corrected chi connectivity index (χ1v) is 11.2. The number of thiazole rings is 1. The first-order chi connectivity index (χ1) is 15.2. The maximum absolute atomic E-state index is 14.4. The van der Waals surface area contributed by atoms with Gasteiger partial charge in [-0.15, -0.1) is 0 Å². The van der Waals surface area contributed by atoms with Crippen LogP contribution in [-0.4, -0.2) is 27.0 Å². The van der Waals surface area contributed by atoms with Gasteiger partial charge in [-0.05, 0) is 24.6 Å². The second-order valence-electron chi connectivity index (χ2n) is 7.18. The molecule has 0 saturated carbocycles. The number of nitrogens with zero attached hydrogens (tertiary/aromatic N) is 4. The summed E-state index contributed by atoms with van der Waals surface area (Å²) in [7, 11) is 1.47. The molecule has 0 aliphatic heterocycles. The van der Waals surface area contributed by atoms with Gasteiger partial charge in [0.15, 0.2) is 16.6 Å². The molecular formula is C22H24FN5O2S. The number of methoxy groups -OCH3 is 1. The SMILES string of the molecule is CCCCCCCc1nc2cc(Nc3nc(-c4cnc(OC)nc4)c(F)s3)ccc2o1. The number of anilines is 2. The van der Waals surface area contributed by atoms with Crippen LogP contribution in [0.5, 0.6) is 6.01 Å². The Morgan fingerprint density at radius 1 is 1.10 bits per heavy atom. The molecule has 0 unspecified atom stereocenters. The number of rotatable bonds is 10. The Morgan fingerprint density at radius 2 is 1.90 bits per heavy atom. The van der Waals surface area contributed by atoms with E-state index in [2.05, 4.69) is 32.2 Å². The van der Waals surface area contributed by atoms with E-state index >= 15 is 0 Å². The van der Waals surface area contributed by atoms with Gasteiger partial charge in [-0.2, -0.15) is 4.39 Å². The third-order valence-electron chi connectivity index (χ3n) is 4.85. The van der Waals surface area contributed by atoms with E-state index in [1.54, 1.807) is 0 Å². The molecule has 4 rings (SSSR count). The monoisotopic (exact) mass is 441 g/mol. The van der Waals surface area contributed by atoms with Crippen molar-refractivity contribution in [1.29, 1.82) is 0 Å². The molecule has 0 aliphatic carbocycles. The molecule has 0 bridgehead atoms. The van der Waals surface area contributed by atoms with Crippen LogP contribution in [0.15, 0.2) is 35.0 Å². The lowest BCUT2D eigenvalue weighted by atomic mass is 10.1. The highest BCUT2D eigenvalue weighted by Crippen LogP contribution is 2.32. The number of halogens is 1. The summed E-state index contributed by atoms with van der Waals surface area (Å²) in [5.41, 5.74) is 2.97. The lowest BCUT2D eigenvalue weighted by Crippen LogP contribution is -1.93. The minimum absolute atomic E-state index is 0.197. The highest BCUT2D eigenvalue weighted by Gasteiger charge is 2.15. The molecule has 7 nitrogen and oxygen atoms in total. The maximum atomic E-state index is 14.4. The van der Waals surface area contributed by atoms with Crippen LogP contribution < -0.4 is 10.1 Å². The van der Waals surface area contributed by atoms with Gasteiger partial charge in [0.25, 0.3) is 0 Å². The molecule has 0 amide bonds. The summed E-state index contributed by atoms with van der Waals surface area (Å²) in [5, 5.41) is 3.17. The third-order valence-corrected chi connectivity index (χ3v) is 5.61. The van der Waals surface area contributed by atoms with Crippen molar-refractivity contribution >= 4 is 33.3 Å². The van der Waals surface area contributed by atoms with Gasteiger partial charge >= 0.3 is 6.01 Å². The topological polar surface area (TPSA) is 86.0 Å². The lowest BCUT2D eigenvalue weighted by molar-refractivity contribution is 0.380. The van der Waals surface area contributed by atoms with Crippen LogP contribution in [0.2, 0.25) is 0 Å². The summed E-state index contributed by atoms with van der Waals surface area (Å²) < 4.78 is 25.2. The van der Waals surface area contributed by atoms with Crippen molar-refractivity contribution in [3.05, 3.63) is 41.6 Å². The third kappa shape index (κ3) is 5.16. The molecule has 1 N–H and O–H groups in total. The van der Waals surface area contributed by atoms with E-state index in [0.29, 0.717) is 10.7 Å². The lowest BCUT2D eigenvalue weighted by Gasteiger charge is -2.01.